The van der Waals surface area contributed by atoms with Crippen LogP contribution in [0.5, 0.6) is 0 Å². The second-order valence-corrected chi connectivity index (χ2v) is 3.60. The van der Waals surface area contributed by atoms with E-state index in [-0.39, 0.29) is 11.3 Å². The minimum atomic E-state index is -0.580. The predicted octanol–water partition coefficient (Wildman–Crippen LogP) is 1.94. The lowest BCUT2D eigenvalue weighted by molar-refractivity contribution is -0.385. The van der Waals surface area contributed by atoms with Gasteiger partial charge in [-0.2, -0.15) is 10.4 Å². The Morgan fingerprint density at radius 1 is 1.50 bits per heavy atom. The van der Waals surface area contributed by atoms with E-state index >= 15 is 0 Å². The van der Waals surface area contributed by atoms with Crippen LogP contribution in [0, 0.1) is 21.4 Å². The van der Waals surface area contributed by atoms with Crippen LogP contribution in [0.4, 0.5) is 17.2 Å². The number of hydrogen-bond donors (Lipinski definition) is 1. The largest absolute Gasteiger partial charge is 0.339 e. The zero-order valence-electron chi connectivity index (χ0n) is 9.49. The van der Waals surface area contributed by atoms with Crippen molar-refractivity contribution in [3.8, 4) is 6.07 Å². The first kappa shape index (κ1) is 11.6. The van der Waals surface area contributed by atoms with E-state index in [1.807, 2.05) is 0 Å². The molecule has 1 aromatic carbocycles. The molecule has 7 nitrogen and oxygen atoms in total. The third-order valence-electron chi connectivity index (χ3n) is 2.30. The Kier molecular flexibility index (Phi) is 2.93. The van der Waals surface area contributed by atoms with Gasteiger partial charge in [0.1, 0.15) is 11.6 Å². The number of nitro groups is 1. The highest BCUT2D eigenvalue weighted by molar-refractivity contribution is 5.63. The zero-order chi connectivity index (χ0) is 13.1. The molecule has 0 saturated heterocycles. The summed E-state index contributed by atoms with van der Waals surface area (Å²) < 4.78 is 1.62. The molecule has 0 bridgehead atoms. The van der Waals surface area contributed by atoms with E-state index in [4.69, 9.17) is 5.26 Å². The second kappa shape index (κ2) is 4.55. The number of nitrogens with one attached hydrogen (secondary N) is 1. The molecule has 0 radical (unpaired) electrons. The average Bonchev–Trinajstić information content (AvgIpc) is 2.74. The third kappa shape index (κ3) is 2.27. The van der Waals surface area contributed by atoms with Crippen LogP contribution < -0.4 is 5.32 Å². The van der Waals surface area contributed by atoms with E-state index in [9.17, 15) is 10.1 Å². The molecule has 7 heteroatoms. The van der Waals surface area contributed by atoms with E-state index in [2.05, 4.69) is 10.4 Å². The van der Waals surface area contributed by atoms with Crippen LogP contribution in [0.15, 0.2) is 30.5 Å². The molecule has 0 fully saturated rings. The van der Waals surface area contributed by atoms with Crippen molar-refractivity contribution in [1.29, 1.82) is 5.26 Å². The molecule has 0 aliphatic rings. The van der Waals surface area contributed by atoms with Gasteiger partial charge in [0.15, 0.2) is 5.82 Å². The van der Waals surface area contributed by atoms with Crippen molar-refractivity contribution in [2.24, 2.45) is 7.05 Å². The lowest BCUT2D eigenvalue weighted by atomic mass is 10.2. The number of anilines is 2. The highest BCUT2D eigenvalue weighted by Gasteiger charge is 2.13. The fraction of sp³-hybridized carbons (Fsp3) is 0.0909. The number of aromatic nitrogens is 2. The molecule has 0 aliphatic carbocycles. The number of aryl methyl sites for hydroxylation is 1. The van der Waals surface area contributed by atoms with Crippen molar-refractivity contribution in [3.63, 3.8) is 0 Å². The summed E-state index contributed by atoms with van der Waals surface area (Å²) >= 11 is 0. The summed E-state index contributed by atoms with van der Waals surface area (Å²) in [5, 5.41) is 26.6. The summed E-state index contributed by atoms with van der Waals surface area (Å²) in [5.74, 6) is 0.607. The molecule has 90 valence electrons. The summed E-state index contributed by atoms with van der Waals surface area (Å²) in [6, 6.07) is 7.81. The molecule has 0 saturated carbocycles. The number of hydrogen-bond acceptors (Lipinski definition) is 5. The third-order valence-corrected chi connectivity index (χ3v) is 2.30. The normalized spacial score (nSPS) is 9.78. The fourth-order valence-electron chi connectivity index (χ4n) is 1.49. The maximum Gasteiger partial charge on any atom is 0.287 e. The maximum absolute atomic E-state index is 10.7. The highest BCUT2D eigenvalue weighted by Crippen LogP contribution is 2.23. The van der Waals surface area contributed by atoms with Crippen LogP contribution in [-0.2, 0) is 7.05 Å². The molecular formula is C11H9N5O2. The molecule has 0 aliphatic heterocycles. The SMILES string of the molecule is Cn1ccc(Nc2ccc([N+](=O)[O-])c(C#N)c2)n1. The number of nitriles is 1. The second-order valence-electron chi connectivity index (χ2n) is 3.60. The molecule has 0 unspecified atom stereocenters. The smallest absolute Gasteiger partial charge is 0.287 e. The summed E-state index contributed by atoms with van der Waals surface area (Å²) in [4.78, 5) is 10.1. The first-order valence-corrected chi connectivity index (χ1v) is 5.05. The number of benzene rings is 1. The number of nitro benzene ring substituents is 1. The molecule has 1 aromatic heterocycles. The van der Waals surface area contributed by atoms with Crippen molar-refractivity contribution in [3.05, 3.63) is 46.1 Å². The predicted molar refractivity (Wildman–Crippen MR) is 64.3 cm³/mol. The minimum absolute atomic E-state index is 0.0148. The lowest BCUT2D eigenvalue weighted by Crippen LogP contribution is -1.96. The Labute approximate surface area is 102 Å². The molecule has 1 N–H and O–H groups in total. The van der Waals surface area contributed by atoms with Gasteiger partial charge in [0.05, 0.1) is 4.92 Å². The van der Waals surface area contributed by atoms with Gasteiger partial charge in [-0.05, 0) is 12.1 Å². The van der Waals surface area contributed by atoms with E-state index in [0.717, 1.165) is 0 Å². The van der Waals surface area contributed by atoms with Crippen LogP contribution in [0.1, 0.15) is 5.56 Å². The molecular weight excluding hydrogens is 234 g/mol. The fourth-order valence-corrected chi connectivity index (χ4v) is 1.49. The van der Waals surface area contributed by atoms with Crippen molar-refractivity contribution < 1.29 is 4.92 Å². The van der Waals surface area contributed by atoms with Crippen molar-refractivity contribution in [2.45, 2.75) is 0 Å². The van der Waals surface area contributed by atoms with Crippen molar-refractivity contribution in [2.75, 3.05) is 5.32 Å². The van der Waals surface area contributed by atoms with Crippen LogP contribution >= 0.6 is 0 Å². The van der Waals surface area contributed by atoms with Crippen molar-refractivity contribution >= 4 is 17.2 Å². The number of nitrogens with zero attached hydrogens (tertiary/aromatic N) is 4. The van der Waals surface area contributed by atoms with Gasteiger partial charge in [0, 0.05) is 31.1 Å². The van der Waals surface area contributed by atoms with Gasteiger partial charge in [0.25, 0.3) is 5.69 Å². The minimum Gasteiger partial charge on any atom is -0.339 e. The Morgan fingerprint density at radius 3 is 2.83 bits per heavy atom. The van der Waals surface area contributed by atoms with Gasteiger partial charge in [-0.3, -0.25) is 14.8 Å². The van der Waals surface area contributed by atoms with Crippen LogP contribution in [0.2, 0.25) is 0 Å². The van der Waals surface area contributed by atoms with Gasteiger partial charge in [0.2, 0.25) is 0 Å². The van der Waals surface area contributed by atoms with Crippen LogP contribution in [-0.4, -0.2) is 14.7 Å². The van der Waals surface area contributed by atoms with Gasteiger partial charge >= 0.3 is 0 Å². The van der Waals surface area contributed by atoms with Crippen molar-refractivity contribution in [1.82, 2.24) is 9.78 Å². The Morgan fingerprint density at radius 2 is 2.28 bits per heavy atom. The van der Waals surface area contributed by atoms with Gasteiger partial charge in [-0.1, -0.05) is 0 Å². The van der Waals surface area contributed by atoms with E-state index < -0.39 is 4.92 Å². The molecule has 1 heterocycles. The van der Waals surface area contributed by atoms with E-state index in [0.29, 0.717) is 11.5 Å². The molecule has 0 spiro atoms. The Balaban J connectivity index is 2.31. The van der Waals surface area contributed by atoms with E-state index in [1.54, 1.807) is 30.1 Å². The highest BCUT2D eigenvalue weighted by atomic mass is 16.6. The van der Waals surface area contributed by atoms with Crippen LogP contribution in [0.3, 0.4) is 0 Å². The monoisotopic (exact) mass is 243 g/mol. The molecule has 0 atom stereocenters. The Hall–Kier alpha value is -2.88. The summed E-state index contributed by atoms with van der Waals surface area (Å²) in [6.07, 6.45) is 1.76. The maximum atomic E-state index is 10.7. The first-order chi connectivity index (χ1) is 8.60. The quantitative estimate of drug-likeness (QED) is 0.656. The number of rotatable bonds is 3. The van der Waals surface area contributed by atoms with Gasteiger partial charge < -0.3 is 5.32 Å². The summed E-state index contributed by atoms with van der Waals surface area (Å²) in [5.41, 5.74) is 0.390. The summed E-state index contributed by atoms with van der Waals surface area (Å²) in [6.45, 7) is 0. The Bertz CT molecular complexity index is 641. The van der Waals surface area contributed by atoms with E-state index in [1.165, 1.54) is 18.2 Å². The topological polar surface area (TPSA) is 96.8 Å². The molecule has 18 heavy (non-hydrogen) atoms. The average molecular weight is 243 g/mol. The lowest BCUT2D eigenvalue weighted by Gasteiger charge is -2.03. The molecule has 2 aromatic rings. The zero-order valence-corrected chi connectivity index (χ0v) is 9.49. The first-order valence-electron chi connectivity index (χ1n) is 5.05. The van der Waals surface area contributed by atoms with Crippen LogP contribution in [0.25, 0.3) is 0 Å². The standard InChI is InChI=1S/C11H9N5O2/c1-15-5-4-11(14-15)13-9-2-3-10(16(17)18)8(6-9)7-12/h2-6H,1H3,(H,13,14). The van der Waals surface area contributed by atoms with Gasteiger partial charge in [-0.25, -0.2) is 0 Å². The molecule has 0 amide bonds. The van der Waals surface area contributed by atoms with Gasteiger partial charge in [-0.15, -0.1) is 0 Å². The summed E-state index contributed by atoms with van der Waals surface area (Å²) in [7, 11) is 1.78. The molecule has 2 rings (SSSR count).